The Kier molecular flexibility index (Phi) is 4.86. The van der Waals surface area contributed by atoms with Crippen LogP contribution in [0.15, 0.2) is 6.07 Å². The first-order valence-corrected chi connectivity index (χ1v) is 12.8. The minimum atomic E-state index is -3.68. The van der Waals surface area contributed by atoms with E-state index in [1.807, 2.05) is 0 Å². The number of nitrogens with one attached hydrogen (secondary N) is 2. The summed E-state index contributed by atoms with van der Waals surface area (Å²) in [7, 11) is -3.68. The van der Waals surface area contributed by atoms with Crippen LogP contribution in [-0.2, 0) is 35.7 Å². The number of nitrogens with zero attached hydrogens (tertiary/aromatic N) is 1. The molecule has 0 spiro atoms. The van der Waals surface area contributed by atoms with E-state index in [0.29, 0.717) is 24.9 Å². The van der Waals surface area contributed by atoms with Crippen molar-refractivity contribution < 1.29 is 13.2 Å². The first-order valence-electron chi connectivity index (χ1n) is 11.2. The lowest BCUT2D eigenvalue weighted by molar-refractivity contribution is 0.150. The molecular formula is C22H31N3O3S. The Balaban J connectivity index is 1.32. The van der Waals surface area contributed by atoms with Gasteiger partial charge < -0.3 is 5.32 Å². The first kappa shape index (κ1) is 19.4. The lowest BCUT2D eigenvalue weighted by atomic mass is 9.99. The maximum atomic E-state index is 13.0. The number of fused-ring (bicyclic) bond motifs is 4. The predicted molar refractivity (Wildman–Crippen MR) is 114 cm³/mol. The fourth-order valence-electron chi connectivity index (χ4n) is 6.31. The second-order valence-electron chi connectivity index (χ2n) is 9.14. The topological polar surface area (TPSA) is 78.5 Å². The molecule has 1 unspecified atom stereocenters. The van der Waals surface area contributed by atoms with Crippen molar-refractivity contribution in [3.05, 3.63) is 28.3 Å². The summed E-state index contributed by atoms with van der Waals surface area (Å²) in [6.07, 6.45) is 9.63. The zero-order chi connectivity index (χ0) is 20.2. The highest BCUT2D eigenvalue weighted by molar-refractivity contribution is 7.90. The van der Waals surface area contributed by atoms with Gasteiger partial charge in [-0.1, -0.05) is 13.0 Å². The molecule has 29 heavy (non-hydrogen) atoms. The van der Waals surface area contributed by atoms with Gasteiger partial charge in [-0.25, -0.2) is 17.9 Å². The van der Waals surface area contributed by atoms with Gasteiger partial charge in [0, 0.05) is 17.8 Å². The third-order valence-corrected chi connectivity index (χ3v) is 9.32. The van der Waals surface area contributed by atoms with Crippen molar-refractivity contribution in [2.45, 2.75) is 88.5 Å². The molecule has 7 heteroatoms. The number of carbonyl (C=O) groups is 1. The molecule has 2 aliphatic heterocycles. The Labute approximate surface area is 173 Å². The Morgan fingerprint density at radius 1 is 1.03 bits per heavy atom. The van der Waals surface area contributed by atoms with E-state index in [1.165, 1.54) is 22.3 Å². The van der Waals surface area contributed by atoms with Crippen molar-refractivity contribution in [2.24, 2.45) is 0 Å². The molecule has 0 saturated carbocycles. The van der Waals surface area contributed by atoms with Crippen LogP contribution in [-0.4, -0.2) is 43.2 Å². The van der Waals surface area contributed by atoms with Crippen LogP contribution in [0.3, 0.4) is 0 Å². The zero-order valence-corrected chi connectivity index (χ0v) is 18.0. The van der Waals surface area contributed by atoms with Gasteiger partial charge in [0.1, 0.15) is 0 Å². The molecule has 4 aliphatic rings. The van der Waals surface area contributed by atoms with E-state index in [-0.39, 0.29) is 0 Å². The number of rotatable bonds is 4. The maximum Gasteiger partial charge on any atom is 0.332 e. The summed E-state index contributed by atoms with van der Waals surface area (Å²) in [5.41, 5.74) is 5.97. The molecule has 2 heterocycles. The maximum absolute atomic E-state index is 13.0. The van der Waals surface area contributed by atoms with Gasteiger partial charge in [0.05, 0.1) is 5.25 Å². The van der Waals surface area contributed by atoms with Gasteiger partial charge in [-0.15, -0.1) is 0 Å². The SMILES string of the molecule is CCN1C2CC[C@H]1C[C@@H](S(=O)(=O)NC(=O)Nc1c3c(cc4c1CCC4)CCC3)C2. The fraction of sp³-hybridized carbons (Fsp3) is 0.682. The van der Waals surface area contributed by atoms with Crippen LogP contribution in [0.5, 0.6) is 0 Å². The summed E-state index contributed by atoms with van der Waals surface area (Å²) in [4.78, 5) is 15.2. The van der Waals surface area contributed by atoms with E-state index in [4.69, 9.17) is 0 Å². The van der Waals surface area contributed by atoms with Crippen molar-refractivity contribution in [2.75, 3.05) is 11.9 Å². The zero-order valence-electron chi connectivity index (χ0n) is 17.2. The van der Waals surface area contributed by atoms with Crippen molar-refractivity contribution in [1.82, 2.24) is 9.62 Å². The Hall–Kier alpha value is -1.60. The van der Waals surface area contributed by atoms with Gasteiger partial charge in [-0.2, -0.15) is 0 Å². The second-order valence-corrected chi connectivity index (χ2v) is 11.1. The quantitative estimate of drug-likeness (QED) is 0.789. The number of benzene rings is 1. The Morgan fingerprint density at radius 3 is 2.17 bits per heavy atom. The van der Waals surface area contributed by atoms with Crippen LogP contribution in [0.1, 0.15) is 67.7 Å². The molecule has 2 saturated heterocycles. The number of hydrogen-bond donors (Lipinski definition) is 2. The minimum absolute atomic E-state index is 0.337. The molecule has 6 nitrogen and oxygen atoms in total. The molecule has 2 N–H and O–H groups in total. The van der Waals surface area contributed by atoms with E-state index >= 15 is 0 Å². The van der Waals surface area contributed by atoms with Crippen LogP contribution in [0.2, 0.25) is 0 Å². The van der Waals surface area contributed by atoms with E-state index < -0.39 is 21.3 Å². The largest absolute Gasteiger partial charge is 0.332 e. The molecule has 158 valence electrons. The number of hydrogen-bond acceptors (Lipinski definition) is 4. The van der Waals surface area contributed by atoms with Crippen LogP contribution < -0.4 is 10.0 Å². The number of piperidine rings is 1. The van der Waals surface area contributed by atoms with E-state index in [0.717, 1.165) is 63.6 Å². The average molecular weight is 418 g/mol. The summed E-state index contributed by atoms with van der Waals surface area (Å²) in [6, 6.07) is 2.39. The molecule has 3 atom stereocenters. The summed E-state index contributed by atoms with van der Waals surface area (Å²) in [5.74, 6) is 0. The highest BCUT2D eigenvalue weighted by atomic mass is 32.2. The van der Waals surface area contributed by atoms with Gasteiger partial charge >= 0.3 is 6.03 Å². The van der Waals surface area contributed by atoms with Gasteiger partial charge in [0.15, 0.2) is 0 Å². The number of urea groups is 1. The highest BCUT2D eigenvalue weighted by Crippen LogP contribution is 2.39. The fourth-order valence-corrected chi connectivity index (χ4v) is 7.74. The number of anilines is 1. The minimum Gasteiger partial charge on any atom is -0.307 e. The molecule has 2 aliphatic carbocycles. The standard InChI is InChI=1S/C22H31N3O3S/c1-2-25-16-9-10-17(25)13-18(12-16)29(27,28)24-22(26)23-21-19-7-3-5-14(19)11-15-6-4-8-20(15)21/h11,16-18H,2-10,12-13H2,1H3,(H2,23,24,26)/t16-,17?,18+/m0/s1. The lowest BCUT2D eigenvalue weighted by Crippen LogP contribution is -2.50. The average Bonchev–Trinajstić information content (AvgIpc) is 3.38. The van der Waals surface area contributed by atoms with Crippen molar-refractivity contribution in [3.8, 4) is 0 Å². The van der Waals surface area contributed by atoms with E-state index in [1.54, 1.807) is 0 Å². The van der Waals surface area contributed by atoms with Crippen molar-refractivity contribution >= 4 is 21.7 Å². The van der Waals surface area contributed by atoms with Crippen molar-refractivity contribution in [1.29, 1.82) is 0 Å². The van der Waals surface area contributed by atoms with Gasteiger partial charge in [-0.05, 0) is 93.0 Å². The monoisotopic (exact) mass is 417 g/mol. The summed E-state index contributed by atoms with van der Waals surface area (Å²) in [5, 5.41) is 2.48. The van der Waals surface area contributed by atoms with Crippen molar-refractivity contribution in [3.63, 3.8) is 0 Å². The van der Waals surface area contributed by atoms with Crippen LogP contribution in [0.25, 0.3) is 0 Å². The number of amides is 2. The van der Waals surface area contributed by atoms with Gasteiger partial charge in [0.25, 0.3) is 0 Å². The highest BCUT2D eigenvalue weighted by Gasteiger charge is 2.44. The summed E-state index contributed by atoms with van der Waals surface area (Å²) in [6.45, 7) is 3.11. The third-order valence-electron chi connectivity index (χ3n) is 7.59. The van der Waals surface area contributed by atoms with E-state index in [2.05, 4.69) is 27.9 Å². The van der Waals surface area contributed by atoms with Crippen LogP contribution >= 0.6 is 0 Å². The second kappa shape index (κ2) is 7.27. The molecule has 5 rings (SSSR count). The Morgan fingerprint density at radius 2 is 1.62 bits per heavy atom. The molecule has 2 amide bonds. The number of aryl methyl sites for hydroxylation is 2. The predicted octanol–water partition coefficient (Wildman–Crippen LogP) is 3.13. The molecule has 2 bridgehead atoms. The van der Waals surface area contributed by atoms with Gasteiger partial charge in [-0.3, -0.25) is 4.90 Å². The number of sulfonamides is 1. The molecule has 1 aromatic rings. The third kappa shape index (κ3) is 3.36. The summed E-state index contributed by atoms with van der Waals surface area (Å²) >= 11 is 0. The Bertz CT molecular complexity index is 897. The molecule has 2 fully saturated rings. The van der Waals surface area contributed by atoms with E-state index in [9.17, 15) is 13.2 Å². The van der Waals surface area contributed by atoms with Gasteiger partial charge in [0.2, 0.25) is 10.0 Å². The number of carbonyl (C=O) groups excluding carboxylic acids is 1. The molecule has 0 radical (unpaired) electrons. The smallest absolute Gasteiger partial charge is 0.307 e. The van der Waals surface area contributed by atoms with Crippen LogP contribution in [0, 0.1) is 0 Å². The molecule has 0 aromatic heterocycles. The summed E-state index contributed by atoms with van der Waals surface area (Å²) < 4.78 is 28.3. The lowest BCUT2D eigenvalue weighted by Gasteiger charge is -2.37. The normalized spacial score (nSPS) is 28.2. The molecule has 1 aromatic carbocycles. The first-order chi connectivity index (χ1) is 14.0. The molecular weight excluding hydrogens is 386 g/mol. The van der Waals surface area contributed by atoms with Crippen LogP contribution in [0.4, 0.5) is 10.5 Å².